The molecule has 0 saturated heterocycles. The van der Waals surface area contributed by atoms with Crippen LogP contribution >= 0.6 is 0 Å². The quantitative estimate of drug-likeness (QED) is 0.746. The summed E-state index contributed by atoms with van der Waals surface area (Å²) in [5.41, 5.74) is 2.52. The molecular formula is C12H18N2O. The predicted octanol–water partition coefficient (Wildman–Crippen LogP) is 0.941. The zero-order valence-corrected chi connectivity index (χ0v) is 9.42. The zero-order valence-electron chi connectivity index (χ0n) is 9.42. The fourth-order valence-electron chi connectivity index (χ4n) is 2.28. The summed E-state index contributed by atoms with van der Waals surface area (Å²) >= 11 is 0. The number of ketones is 1. The number of hydrogen-bond acceptors (Lipinski definition) is 3. The van der Waals surface area contributed by atoms with Gasteiger partial charge in [0.25, 0.3) is 0 Å². The van der Waals surface area contributed by atoms with Gasteiger partial charge in [0.1, 0.15) is 0 Å². The summed E-state index contributed by atoms with van der Waals surface area (Å²) in [5.74, 6) is 0.404. The molecular weight excluding hydrogens is 188 g/mol. The van der Waals surface area contributed by atoms with Gasteiger partial charge in [-0.25, -0.2) is 0 Å². The van der Waals surface area contributed by atoms with E-state index in [4.69, 9.17) is 0 Å². The SMILES string of the molecule is CN(C)CC(=O)C1CC=CC2=C1NCC2. The first kappa shape index (κ1) is 10.4. The van der Waals surface area contributed by atoms with Crippen LogP contribution in [-0.2, 0) is 4.79 Å². The second-order valence-corrected chi connectivity index (χ2v) is 4.51. The molecule has 1 unspecified atom stereocenters. The van der Waals surface area contributed by atoms with E-state index in [0.717, 1.165) is 19.4 Å². The molecule has 2 aliphatic rings. The zero-order chi connectivity index (χ0) is 10.8. The Kier molecular flexibility index (Phi) is 2.91. The van der Waals surface area contributed by atoms with Crippen LogP contribution in [0, 0.1) is 5.92 Å². The fourth-order valence-corrected chi connectivity index (χ4v) is 2.28. The average Bonchev–Trinajstić information content (AvgIpc) is 2.63. The summed E-state index contributed by atoms with van der Waals surface area (Å²) in [4.78, 5) is 13.9. The Hall–Kier alpha value is -1.09. The van der Waals surface area contributed by atoms with Crippen molar-refractivity contribution in [2.75, 3.05) is 27.2 Å². The maximum Gasteiger partial charge on any atom is 0.156 e. The number of likely N-dealkylation sites (N-methyl/N-ethyl adjacent to an activating group) is 1. The molecule has 0 fully saturated rings. The normalized spacial score (nSPS) is 24.3. The van der Waals surface area contributed by atoms with Crippen molar-refractivity contribution in [3.8, 4) is 0 Å². The number of Topliss-reactive ketones (excluding diaryl/α,β-unsaturated/α-hetero) is 1. The van der Waals surface area contributed by atoms with Gasteiger partial charge < -0.3 is 10.2 Å². The molecule has 15 heavy (non-hydrogen) atoms. The lowest BCUT2D eigenvalue weighted by Gasteiger charge is -2.21. The van der Waals surface area contributed by atoms with Crippen molar-refractivity contribution in [2.45, 2.75) is 12.8 Å². The van der Waals surface area contributed by atoms with E-state index in [1.165, 1.54) is 11.3 Å². The van der Waals surface area contributed by atoms with E-state index in [1.54, 1.807) is 0 Å². The highest BCUT2D eigenvalue weighted by molar-refractivity contribution is 5.86. The van der Waals surface area contributed by atoms with Crippen molar-refractivity contribution in [3.05, 3.63) is 23.4 Å². The van der Waals surface area contributed by atoms with Crippen molar-refractivity contribution in [1.82, 2.24) is 10.2 Å². The molecule has 1 aliphatic carbocycles. The van der Waals surface area contributed by atoms with Crippen LogP contribution in [0.15, 0.2) is 23.4 Å². The van der Waals surface area contributed by atoms with Crippen molar-refractivity contribution in [2.24, 2.45) is 5.92 Å². The highest BCUT2D eigenvalue weighted by atomic mass is 16.1. The van der Waals surface area contributed by atoms with E-state index >= 15 is 0 Å². The van der Waals surface area contributed by atoms with Crippen LogP contribution in [0.2, 0.25) is 0 Å². The Morgan fingerprint density at radius 1 is 1.60 bits per heavy atom. The summed E-state index contributed by atoms with van der Waals surface area (Å²) in [6.45, 7) is 1.53. The molecule has 3 nitrogen and oxygen atoms in total. The van der Waals surface area contributed by atoms with E-state index in [9.17, 15) is 4.79 Å². The van der Waals surface area contributed by atoms with E-state index in [0.29, 0.717) is 12.3 Å². The standard InChI is InChI=1S/C12H18N2O/c1-14(2)8-11(15)10-5-3-4-9-6-7-13-12(9)10/h3-4,10,13H,5-8H2,1-2H3. The topological polar surface area (TPSA) is 32.3 Å². The molecule has 0 spiro atoms. The van der Waals surface area contributed by atoms with Gasteiger partial charge in [0.15, 0.2) is 5.78 Å². The second-order valence-electron chi connectivity index (χ2n) is 4.51. The lowest BCUT2D eigenvalue weighted by Crippen LogP contribution is -2.32. The Morgan fingerprint density at radius 3 is 3.13 bits per heavy atom. The molecule has 0 saturated carbocycles. The maximum absolute atomic E-state index is 12.0. The molecule has 0 aromatic heterocycles. The van der Waals surface area contributed by atoms with E-state index < -0.39 is 0 Å². The van der Waals surface area contributed by atoms with Gasteiger partial charge in [0.2, 0.25) is 0 Å². The Bertz CT molecular complexity index is 329. The van der Waals surface area contributed by atoms with Crippen LogP contribution in [0.4, 0.5) is 0 Å². The van der Waals surface area contributed by atoms with Gasteiger partial charge in [0, 0.05) is 12.2 Å². The number of carbonyl (C=O) groups is 1. The van der Waals surface area contributed by atoms with Crippen LogP contribution in [-0.4, -0.2) is 37.9 Å². The van der Waals surface area contributed by atoms with Crippen molar-refractivity contribution in [1.29, 1.82) is 0 Å². The second kappa shape index (κ2) is 4.19. The number of carbonyl (C=O) groups excluding carboxylic acids is 1. The summed E-state index contributed by atoms with van der Waals surface area (Å²) in [6, 6.07) is 0. The molecule has 82 valence electrons. The lowest BCUT2D eigenvalue weighted by atomic mass is 9.89. The predicted molar refractivity (Wildman–Crippen MR) is 60.5 cm³/mol. The molecule has 0 bridgehead atoms. The largest absolute Gasteiger partial charge is 0.387 e. The van der Waals surface area contributed by atoms with Gasteiger partial charge in [-0.15, -0.1) is 0 Å². The minimum atomic E-state index is 0.0786. The molecule has 1 atom stereocenters. The number of rotatable bonds is 3. The molecule has 2 rings (SSSR count). The number of nitrogens with one attached hydrogen (secondary N) is 1. The summed E-state index contributed by atoms with van der Waals surface area (Å²) in [6.07, 6.45) is 6.22. The first-order chi connectivity index (χ1) is 7.18. The summed E-state index contributed by atoms with van der Waals surface area (Å²) in [7, 11) is 3.88. The molecule has 1 heterocycles. The Morgan fingerprint density at radius 2 is 2.40 bits per heavy atom. The highest BCUT2D eigenvalue weighted by Gasteiger charge is 2.28. The third-order valence-electron chi connectivity index (χ3n) is 2.96. The molecule has 0 aromatic rings. The number of allylic oxidation sites excluding steroid dienone is 3. The van der Waals surface area contributed by atoms with Crippen molar-refractivity contribution in [3.63, 3.8) is 0 Å². The first-order valence-electron chi connectivity index (χ1n) is 5.49. The van der Waals surface area contributed by atoms with E-state index in [2.05, 4.69) is 17.5 Å². The molecule has 0 aromatic carbocycles. The summed E-state index contributed by atoms with van der Waals surface area (Å²) in [5, 5.41) is 3.35. The van der Waals surface area contributed by atoms with Crippen LogP contribution in [0.3, 0.4) is 0 Å². The third-order valence-corrected chi connectivity index (χ3v) is 2.96. The van der Waals surface area contributed by atoms with Gasteiger partial charge in [-0.2, -0.15) is 0 Å². The summed E-state index contributed by atoms with van der Waals surface area (Å²) < 4.78 is 0. The van der Waals surface area contributed by atoms with Crippen molar-refractivity contribution >= 4 is 5.78 Å². The smallest absolute Gasteiger partial charge is 0.156 e. The van der Waals surface area contributed by atoms with E-state index in [1.807, 2.05) is 19.0 Å². The van der Waals surface area contributed by atoms with Crippen LogP contribution in [0.1, 0.15) is 12.8 Å². The lowest BCUT2D eigenvalue weighted by molar-refractivity contribution is -0.122. The molecule has 0 radical (unpaired) electrons. The third kappa shape index (κ3) is 2.12. The van der Waals surface area contributed by atoms with E-state index in [-0.39, 0.29) is 5.92 Å². The van der Waals surface area contributed by atoms with Crippen LogP contribution in [0.5, 0.6) is 0 Å². The molecule has 1 aliphatic heterocycles. The molecule has 1 N–H and O–H groups in total. The van der Waals surface area contributed by atoms with Crippen LogP contribution < -0.4 is 5.32 Å². The Labute approximate surface area is 90.8 Å². The fraction of sp³-hybridized carbons (Fsp3) is 0.583. The van der Waals surface area contributed by atoms with Gasteiger partial charge in [-0.3, -0.25) is 4.79 Å². The number of nitrogens with zero attached hydrogens (tertiary/aromatic N) is 1. The minimum Gasteiger partial charge on any atom is -0.387 e. The van der Waals surface area contributed by atoms with Crippen molar-refractivity contribution < 1.29 is 4.79 Å². The first-order valence-corrected chi connectivity index (χ1v) is 5.49. The Balaban J connectivity index is 2.10. The van der Waals surface area contributed by atoms with Gasteiger partial charge >= 0.3 is 0 Å². The maximum atomic E-state index is 12.0. The van der Waals surface area contributed by atoms with Crippen LogP contribution in [0.25, 0.3) is 0 Å². The minimum absolute atomic E-state index is 0.0786. The number of hydrogen-bond donors (Lipinski definition) is 1. The molecule has 0 amide bonds. The monoisotopic (exact) mass is 206 g/mol. The van der Waals surface area contributed by atoms with Gasteiger partial charge in [0.05, 0.1) is 12.5 Å². The van der Waals surface area contributed by atoms with Gasteiger partial charge in [-0.05, 0) is 32.5 Å². The molecule has 3 heteroatoms. The highest BCUT2D eigenvalue weighted by Crippen LogP contribution is 2.29. The van der Waals surface area contributed by atoms with Gasteiger partial charge in [-0.1, -0.05) is 12.2 Å². The average molecular weight is 206 g/mol.